The molecule has 1 amide bonds. The SMILES string of the molecule is COc1cccc(O)c1C(=O)Nc1cccc(Cl)c1. The average molecular weight is 278 g/mol. The van der Waals surface area contributed by atoms with E-state index in [0.717, 1.165) is 0 Å². The van der Waals surface area contributed by atoms with Gasteiger partial charge in [-0.2, -0.15) is 0 Å². The Labute approximate surface area is 115 Å². The predicted molar refractivity (Wildman–Crippen MR) is 74.1 cm³/mol. The van der Waals surface area contributed by atoms with Gasteiger partial charge < -0.3 is 15.2 Å². The van der Waals surface area contributed by atoms with Gasteiger partial charge in [-0.05, 0) is 30.3 Å². The third kappa shape index (κ3) is 2.98. The van der Waals surface area contributed by atoms with Crippen molar-refractivity contribution < 1.29 is 14.6 Å². The molecule has 0 bridgehead atoms. The van der Waals surface area contributed by atoms with E-state index in [-0.39, 0.29) is 11.3 Å². The van der Waals surface area contributed by atoms with E-state index >= 15 is 0 Å². The molecule has 4 nitrogen and oxygen atoms in total. The fraction of sp³-hybridized carbons (Fsp3) is 0.0714. The largest absolute Gasteiger partial charge is 0.507 e. The van der Waals surface area contributed by atoms with Crippen LogP contribution in [-0.4, -0.2) is 18.1 Å². The molecule has 0 saturated heterocycles. The number of halogens is 1. The zero-order valence-electron chi connectivity index (χ0n) is 10.2. The van der Waals surface area contributed by atoms with E-state index in [1.165, 1.54) is 13.2 Å². The van der Waals surface area contributed by atoms with Crippen molar-refractivity contribution in [3.63, 3.8) is 0 Å². The Bertz CT molecular complexity index is 613. The van der Waals surface area contributed by atoms with Crippen LogP contribution in [0.2, 0.25) is 5.02 Å². The molecule has 0 fully saturated rings. The molecule has 0 saturated carbocycles. The fourth-order valence-corrected chi connectivity index (χ4v) is 1.87. The Kier molecular flexibility index (Phi) is 3.92. The zero-order valence-corrected chi connectivity index (χ0v) is 10.9. The monoisotopic (exact) mass is 277 g/mol. The number of phenolic OH excluding ortho intramolecular Hbond substituents is 1. The van der Waals surface area contributed by atoms with Gasteiger partial charge in [-0.25, -0.2) is 0 Å². The van der Waals surface area contributed by atoms with Crippen LogP contribution in [0.3, 0.4) is 0 Å². The molecule has 19 heavy (non-hydrogen) atoms. The first-order valence-corrected chi connectivity index (χ1v) is 5.92. The maximum absolute atomic E-state index is 12.1. The summed E-state index contributed by atoms with van der Waals surface area (Å²) in [5.41, 5.74) is 0.632. The van der Waals surface area contributed by atoms with Crippen LogP contribution in [0.25, 0.3) is 0 Å². The lowest BCUT2D eigenvalue weighted by molar-refractivity contribution is 0.102. The first-order chi connectivity index (χ1) is 9.11. The number of carbonyl (C=O) groups excluding carboxylic acids is 1. The third-order valence-electron chi connectivity index (χ3n) is 2.53. The molecule has 0 heterocycles. The van der Waals surface area contributed by atoms with Crippen molar-refractivity contribution in [2.24, 2.45) is 0 Å². The average Bonchev–Trinajstić information content (AvgIpc) is 2.38. The van der Waals surface area contributed by atoms with Crippen molar-refractivity contribution in [3.05, 3.63) is 53.1 Å². The van der Waals surface area contributed by atoms with Crippen LogP contribution in [-0.2, 0) is 0 Å². The van der Waals surface area contributed by atoms with Crippen LogP contribution < -0.4 is 10.1 Å². The summed E-state index contributed by atoms with van der Waals surface area (Å²) in [4.78, 5) is 12.1. The molecule has 2 N–H and O–H groups in total. The summed E-state index contributed by atoms with van der Waals surface area (Å²) in [6, 6.07) is 11.4. The van der Waals surface area contributed by atoms with E-state index in [0.29, 0.717) is 16.5 Å². The molecule has 0 aliphatic heterocycles. The summed E-state index contributed by atoms with van der Waals surface area (Å²) in [6.07, 6.45) is 0. The molecule has 0 atom stereocenters. The van der Waals surface area contributed by atoms with Gasteiger partial charge in [0.25, 0.3) is 5.91 Å². The molecule has 2 rings (SSSR count). The lowest BCUT2D eigenvalue weighted by Gasteiger charge is -2.10. The normalized spacial score (nSPS) is 10.0. The molecule has 0 unspecified atom stereocenters. The highest BCUT2D eigenvalue weighted by Crippen LogP contribution is 2.28. The van der Waals surface area contributed by atoms with Crippen molar-refractivity contribution in [3.8, 4) is 11.5 Å². The quantitative estimate of drug-likeness (QED) is 0.905. The second-order valence-corrected chi connectivity index (χ2v) is 4.26. The molecule has 0 aliphatic rings. The highest BCUT2D eigenvalue weighted by atomic mass is 35.5. The van der Waals surface area contributed by atoms with Crippen molar-refractivity contribution in [1.82, 2.24) is 0 Å². The van der Waals surface area contributed by atoms with E-state index in [1.807, 2.05) is 0 Å². The minimum absolute atomic E-state index is 0.0879. The minimum Gasteiger partial charge on any atom is -0.507 e. The van der Waals surface area contributed by atoms with Gasteiger partial charge >= 0.3 is 0 Å². The third-order valence-corrected chi connectivity index (χ3v) is 2.77. The highest BCUT2D eigenvalue weighted by molar-refractivity contribution is 6.31. The molecular weight excluding hydrogens is 266 g/mol. The van der Waals surface area contributed by atoms with Gasteiger partial charge in [0.1, 0.15) is 17.1 Å². The van der Waals surface area contributed by atoms with E-state index in [2.05, 4.69) is 5.32 Å². The Morgan fingerprint density at radius 1 is 1.26 bits per heavy atom. The van der Waals surface area contributed by atoms with Gasteiger partial charge in [0, 0.05) is 10.7 Å². The summed E-state index contributed by atoms with van der Waals surface area (Å²) in [5, 5.41) is 12.9. The van der Waals surface area contributed by atoms with E-state index in [1.54, 1.807) is 36.4 Å². The van der Waals surface area contributed by atoms with Crippen LogP contribution in [0.4, 0.5) is 5.69 Å². The van der Waals surface area contributed by atoms with Crippen molar-refractivity contribution in [2.45, 2.75) is 0 Å². The number of rotatable bonds is 3. The zero-order chi connectivity index (χ0) is 13.8. The summed E-state index contributed by atoms with van der Waals surface area (Å²) in [7, 11) is 1.44. The number of hydrogen-bond donors (Lipinski definition) is 2. The number of ether oxygens (including phenoxy) is 1. The van der Waals surface area contributed by atoms with E-state index < -0.39 is 5.91 Å². The van der Waals surface area contributed by atoms with Gasteiger partial charge in [0.05, 0.1) is 7.11 Å². The van der Waals surface area contributed by atoms with Gasteiger partial charge in [0.2, 0.25) is 0 Å². The Morgan fingerprint density at radius 3 is 2.68 bits per heavy atom. The van der Waals surface area contributed by atoms with E-state index in [4.69, 9.17) is 16.3 Å². The van der Waals surface area contributed by atoms with Gasteiger partial charge in [0.15, 0.2) is 0 Å². The standard InChI is InChI=1S/C14H12ClNO3/c1-19-12-7-3-6-11(17)13(12)14(18)16-10-5-2-4-9(15)8-10/h2-8,17H,1H3,(H,16,18). The molecule has 2 aromatic carbocycles. The first kappa shape index (κ1) is 13.2. The molecule has 0 aliphatic carbocycles. The molecule has 0 aromatic heterocycles. The molecular formula is C14H12ClNO3. The summed E-state index contributed by atoms with van der Waals surface area (Å²) < 4.78 is 5.06. The summed E-state index contributed by atoms with van der Waals surface area (Å²) in [5.74, 6) is -0.296. The van der Waals surface area contributed by atoms with Crippen LogP contribution in [0.5, 0.6) is 11.5 Å². The fourth-order valence-electron chi connectivity index (χ4n) is 1.68. The maximum atomic E-state index is 12.1. The lowest BCUT2D eigenvalue weighted by Crippen LogP contribution is -2.13. The van der Waals surface area contributed by atoms with Crippen LogP contribution in [0.1, 0.15) is 10.4 Å². The maximum Gasteiger partial charge on any atom is 0.263 e. The minimum atomic E-state index is -0.461. The number of hydrogen-bond acceptors (Lipinski definition) is 3. The molecule has 98 valence electrons. The number of amides is 1. The van der Waals surface area contributed by atoms with Crippen LogP contribution in [0, 0.1) is 0 Å². The van der Waals surface area contributed by atoms with Gasteiger partial charge in [-0.3, -0.25) is 4.79 Å². The number of aromatic hydroxyl groups is 1. The Hall–Kier alpha value is -2.20. The molecule has 5 heteroatoms. The summed E-state index contributed by atoms with van der Waals surface area (Å²) >= 11 is 5.84. The number of carbonyl (C=O) groups is 1. The lowest BCUT2D eigenvalue weighted by atomic mass is 10.1. The van der Waals surface area contributed by atoms with Gasteiger partial charge in [-0.1, -0.05) is 23.7 Å². The highest BCUT2D eigenvalue weighted by Gasteiger charge is 2.17. The molecule has 0 spiro atoms. The number of nitrogens with one attached hydrogen (secondary N) is 1. The van der Waals surface area contributed by atoms with Crippen molar-refractivity contribution in [1.29, 1.82) is 0 Å². The first-order valence-electron chi connectivity index (χ1n) is 5.54. The number of anilines is 1. The molecule has 0 radical (unpaired) electrons. The van der Waals surface area contributed by atoms with Crippen LogP contribution >= 0.6 is 11.6 Å². The van der Waals surface area contributed by atoms with Crippen molar-refractivity contribution in [2.75, 3.05) is 12.4 Å². The van der Waals surface area contributed by atoms with Crippen molar-refractivity contribution >= 4 is 23.2 Å². The summed E-state index contributed by atoms with van der Waals surface area (Å²) in [6.45, 7) is 0. The Morgan fingerprint density at radius 2 is 2.00 bits per heavy atom. The smallest absolute Gasteiger partial charge is 0.263 e. The van der Waals surface area contributed by atoms with Crippen LogP contribution in [0.15, 0.2) is 42.5 Å². The number of methoxy groups -OCH3 is 1. The topological polar surface area (TPSA) is 58.6 Å². The van der Waals surface area contributed by atoms with E-state index in [9.17, 15) is 9.90 Å². The predicted octanol–water partition coefficient (Wildman–Crippen LogP) is 3.31. The number of benzene rings is 2. The second-order valence-electron chi connectivity index (χ2n) is 3.82. The Balaban J connectivity index is 2.30. The number of phenols is 1. The molecule has 2 aromatic rings. The van der Waals surface area contributed by atoms with Gasteiger partial charge in [-0.15, -0.1) is 0 Å². The second kappa shape index (κ2) is 5.63.